The summed E-state index contributed by atoms with van der Waals surface area (Å²) < 4.78 is 11.2. The summed E-state index contributed by atoms with van der Waals surface area (Å²) in [5, 5.41) is 8.72. The lowest BCUT2D eigenvalue weighted by Crippen LogP contribution is -2.15. The Morgan fingerprint density at radius 1 is 1.47 bits per heavy atom. The third kappa shape index (κ3) is 3.61. The van der Waals surface area contributed by atoms with Gasteiger partial charge in [-0.2, -0.15) is 0 Å². The summed E-state index contributed by atoms with van der Waals surface area (Å²) >= 11 is 3.46. The van der Waals surface area contributed by atoms with Crippen LogP contribution in [0, 0.1) is 6.92 Å². The SMILES string of the molecule is COc1cc(C)c(C(N)CCC(=O)O)c(Br)c1OC. The first-order chi connectivity index (χ1) is 8.92. The van der Waals surface area contributed by atoms with Crippen molar-refractivity contribution in [3.05, 3.63) is 21.7 Å². The molecule has 0 bridgehead atoms. The molecule has 0 amide bonds. The summed E-state index contributed by atoms with van der Waals surface area (Å²) in [6.45, 7) is 1.91. The van der Waals surface area contributed by atoms with Crippen LogP contribution < -0.4 is 15.2 Å². The molecule has 1 rings (SSSR count). The average Bonchev–Trinajstić information content (AvgIpc) is 2.35. The summed E-state index contributed by atoms with van der Waals surface area (Å²) in [5.74, 6) is 0.319. The molecule has 1 aromatic carbocycles. The Hall–Kier alpha value is -1.27. The summed E-state index contributed by atoms with van der Waals surface area (Å²) in [4.78, 5) is 10.6. The molecular weight excluding hydrogens is 314 g/mol. The van der Waals surface area contributed by atoms with Crippen LogP contribution in [0.3, 0.4) is 0 Å². The molecule has 6 heteroatoms. The van der Waals surface area contributed by atoms with E-state index in [0.717, 1.165) is 11.1 Å². The molecule has 0 saturated heterocycles. The highest BCUT2D eigenvalue weighted by molar-refractivity contribution is 9.10. The normalized spacial score (nSPS) is 12.1. The zero-order valence-electron chi connectivity index (χ0n) is 11.2. The number of ether oxygens (including phenoxy) is 2. The third-order valence-corrected chi connectivity index (χ3v) is 3.68. The number of hydrogen-bond acceptors (Lipinski definition) is 4. The molecule has 0 fully saturated rings. The zero-order valence-corrected chi connectivity index (χ0v) is 12.8. The van der Waals surface area contributed by atoms with Crippen molar-refractivity contribution in [2.24, 2.45) is 5.73 Å². The average molecular weight is 332 g/mol. The molecule has 3 N–H and O–H groups in total. The maximum Gasteiger partial charge on any atom is 0.303 e. The number of carboxylic acid groups (broad SMARTS) is 1. The van der Waals surface area contributed by atoms with Gasteiger partial charge in [0.25, 0.3) is 0 Å². The van der Waals surface area contributed by atoms with Gasteiger partial charge in [-0.3, -0.25) is 4.79 Å². The number of rotatable bonds is 6. The Labute approximate surface area is 120 Å². The van der Waals surface area contributed by atoms with E-state index in [1.54, 1.807) is 14.2 Å². The second-order valence-electron chi connectivity index (χ2n) is 4.20. The van der Waals surface area contributed by atoms with Crippen molar-refractivity contribution in [1.82, 2.24) is 0 Å². The van der Waals surface area contributed by atoms with E-state index < -0.39 is 5.97 Å². The first-order valence-corrected chi connectivity index (χ1v) is 6.60. The highest BCUT2D eigenvalue weighted by Gasteiger charge is 2.20. The maximum atomic E-state index is 10.6. The van der Waals surface area contributed by atoms with Gasteiger partial charge >= 0.3 is 5.97 Å². The van der Waals surface area contributed by atoms with Gasteiger partial charge in [-0.05, 0) is 46.5 Å². The van der Waals surface area contributed by atoms with Gasteiger partial charge in [0.15, 0.2) is 11.5 Å². The van der Waals surface area contributed by atoms with E-state index in [9.17, 15) is 4.79 Å². The van der Waals surface area contributed by atoms with Crippen LogP contribution in [0.15, 0.2) is 10.5 Å². The number of benzene rings is 1. The van der Waals surface area contributed by atoms with Crippen molar-refractivity contribution in [2.75, 3.05) is 14.2 Å². The van der Waals surface area contributed by atoms with Crippen molar-refractivity contribution in [3.63, 3.8) is 0 Å². The second kappa shape index (κ2) is 6.77. The lowest BCUT2D eigenvalue weighted by atomic mass is 9.97. The van der Waals surface area contributed by atoms with Gasteiger partial charge in [0, 0.05) is 12.5 Å². The number of aryl methyl sites for hydroxylation is 1. The number of hydrogen-bond donors (Lipinski definition) is 2. The molecule has 0 saturated carbocycles. The summed E-state index contributed by atoms with van der Waals surface area (Å²) in [6, 6.07) is 1.46. The van der Waals surface area contributed by atoms with Crippen molar-refractivity contribution < 1.29 is 19.4 Å². The number of nitrogens with two attached hydrogens (primary N) is 1. The quantitative estimate of drug-likeness (QED) is 0.837. The minimum Gasteiger partial charge on any atom is -0.493 e. The molecule has 0 spiro atoms. The highest BCUT2D eigenvalue weighted by Crippen LogP contribution is 2.42. The molecule has 19 heavy (non-hydrogen) atoms. The van der Waals surface area contributed by atoms with Crippen molar-refractivity contribution in [3.8, 4) is 11.5 Å². The molecular formula is C13H18BrNO4. The van der Waals surface area contributed by atoms with E-state index >= 15 is 0 Å². The molecule has 1 unspecified atom stereocenters. The number of carbonyl (C=O) groups is 1. The topological polar surface area (TPSA) is 81.8 Å². The standard InChI is InChI=1S/C13H18BrNO4/c1-7-6-9(18-2)13(19-3)12(14)11(7)8(15)4-5-10(16)17/h6,8H,4-5,15H2,1-3H3,(H,16,17). The number of aliphatic carboxylic acids is 1. The predicted octanol–water partition coefficient (Wildman–Crippen LogP) is 2.64. The van der Waals surface area contributed by atoms with Crippen molar-refractivity contribution >= 4 is 21.9 Å². The van der Waals surface area contributed by atoms with Gasteiger partial charge in [0.1, 0.15) is 0 Å². The molecule has 0 radical (unpaired) electrons. The van der Waals surface area contributed by atoms with E-state index in [-0.39, 0.29) is 12.5 Å². The second-order valence-corrected chi connectivity index (χ2v) is 4.99. The van der Waals surface area contributed by atoms with Crippen LogP contribution in [-0.4, -0.2) is 25.3 Å². The Kier molecular flexibility index (Phi) is 5.62. The first kappa shape index (κ1) is 15.8. The van der Waals surface area contributed by atoms with E-state index in [4.69, 9.17) is 20.3 Å². The van der Waals surface area contributed by atoms with Crippen LogP contribution in [0.4, 0.5) is 0 Å². The van der Waals surface area contributed by atoms with Crippen LogP contribution in [0.5, 0.6) is 11.5 Å². The Morgan fingerprint density at radius 2 is 2.11 bits per heavy atom. The molecule has 0 heterocycles. The van der Waals surface area contributed by atoms with E-state index in [0.29, 0.717) is 22.4 Å². The predicted molar refractivity (Wildman–Crippen MR) is 75.8 cm³/mol. The third-order valence-electron chi connectivity index (χ3n) is 2.90. The summed E-state index contributed by atoms with van der Waals surface area (Å²) in [7, 11) is 3.11. The summed E-state index contributed by atoms with van der Waals surface area (Å²) in [6.07, 6.45) is 0.394. The molecule has 1 aromatic rings. The molecule has 5 nitrogen and oxygen atoms in total. The van der Waals surface area contributed by atoms with Gasteiger partial charge in [-0.1, -0.05) is 0 Å². The van der Waals surface area contributed by atoms with E-state index in [1.165, 1.54) is 0 Å². The molecule has 0 aromatic heterocycles. The fraction of sp³-hybridized carbons (Fsp3) is 0.462. The zero-order chi connectivity index (χ0) is 14.6. The fourth-order valence-electron chi connectivity index (χ4n) is 1.96. The van der Waals surface area contributed by atoms with Crippen LogP contribution in [0.2, 0.25) is 0 Å². The monoisotopic (exact) mass is 331 g/mol. The molecule has 0 aliphatic rings. The van der Waals surface area contributed by atoms with Crippen molar-refractivity contribution in [2.45, 2.75) is 25.8 Å². The number of carboxylic acids is 1. The lowest BCUT2D eigenvalue weighted by Gasteiger charge is -2.20. The molecule has 0 aliphatic carbocycles. The highest BCUT2D eigenvalue weighted by atomic mass is 79.9. The lowest BCUT2D eigenvalue weighted by molar-refractivity contribution is -0.137. The Balaban J connectivity index is 3.16. The molecule has 106 valence electrons. The first-order valence-electron chi connectivity index (χ1n) is 5.80. The van der Waals surface area contributed by atoms with E-state index in [1.807, 2.05) is 13.0 Å². The Bertz CT molecular complexity index is 476. The van der Waals surface area contributed by atoms with Crippen LogP contribution in [0.25, 0.3) is 0 Å². The smallest absolute Gasteiger partial charge is 0.303 e. The van der Waals surface area contributed by atoms with Gasteiger partial charge < -0.3 is 20.3 Å². The van der Waals surface area contributed by atoms with E-state index in [2.05, 4.69) is 15.9 Å². The minimum atomic E-state index is -0.857. The Morgan fingerprint density at radius 3 is 2.58 bits per heavy atom. The fourth-order valence-corrected chi connectivity index (χ4v) is 2.93. The van der Waals surface area contributed by atoms with Crippen LogP contribution >= 0.6 is 15.9 Å². The van der Waals surface area contributed by atoms with Crippen molar-refractivity contribution in [1.29, 1.82) is 0 Å². The van der Waals surface area contributed by atoms with Crippen LogP contribution in [-0.2, 0) is 4.79 Å². The van der Waals surface area contributed by atoms with Crippen LogP contribution in [0.1, 0.15) is 30.0 Å². The van der Waals surface area contributed by atoms with Gasteiger partial charge in [-0.15, -0.1) is 0 Å². The van der Waals surface area contributed by atoms with Gasteiger partial charge in [0.05, 0.1) is 18.7 Å². The largest absolute Gasteiger partial charge is 0.493 e. The summed E-state index contributed by atoms with van der Waals surface area (Å²) in [5.41, 5.74) is 7.85. The van der Waals surface area contributed by atoms with Gasteiger partial charge in [-0.25, -0.2) is 0 Å². The van der Waals surface area contributed by atoms with Gasteiger partial charge in [0.2, 0.25) is 0 Å². The maximum absolute atomic E-state index is 10.6. The minimum absolute atomic E-state index is 0.0292. The molecule has 1 atom stereocenters. The number of halogens is 1. The molecule has 0 aliphatic heterocycles. The number of methoxy groups -OCH3 is 2.